The Morgan fingerprint density at radius 1 is 1.33 bits per heavy atom. The highest BCUT2D eigenvalue weighted by molar-refractivity contribution is 6.15. The highest BCUT2D eigenvalue weighted by Crippen LogP contribution is 2.39. The van der Waals surface area contributed by atoms with E-state index in [1.165, 1.54) is 12.1 Å². The van der Waals surface area contributed by atoms with Crippen molar-refractivity contribution in [3.63, 3.8) is 0 Å². The number of Topliss-reactive ketones (excluding diaryl/α,β-unsaturated/α-hetero) is 1. The molecule has 0 radical (unpaired) electrons. The molecule has 6 nitrogen and oxygen atoms in total. The van der Waals surface area contributed by atoms with Crippen LogP contribution < -0.4 is 5.43 Å². The molecule has 1 aromatic carbocycles. The van der Waals surface area contributed by atoms with Crippen molar-refractivity contribution in [3.8, 4) is 0 Å². The molecule has 1 heterocycles. The largest absolute Gasteiger partial charge is 0.306 e. The van der Waals surface area contributed by atoms with Gasteiger partial charge in [-0.3, -0.25) is 14.9 Å². The molecule has 0 unspecified atom stereocenters. The number of carbonyl (C=O) groups excluding carboxylic acids is 1. The van der Waals surface area contributed by atoms with Crippen molar-refractivity contribution in [2.75, 3.05) is 0 Å². The van der Waals surface area contributed by atoms with Crippen LogP contribution in [0.5, 0.6) is 0 Å². The van der Waals surface area contributed by atoms with Crippen molar-refractivity contribution in [2.24, 2.45) is 16.4 Å². The minimum absolute atomic E-state index is 0.00824. The lowest BCUT2D eigenvalue weighted by Crippen LogP contribution is -2.45. The third-order valence-corrected chi connectivity index (χ3v) is 4.19. The number of nitrogens with zero attached hydrogens (tertiary/aromatic N) is 2. The first-order valence-corrected chi connectivity index (χ1v) is 6.98. The van der Waals surface area contributed by atoms with Crippen LogP contribution in [0, 0.1) is 21.4 Å². The van der Waals surface area contributed by atoms with E-state index in [-0.39, 0.29) is 28.8 Å². The van der Waals surface area contributed by atoms with Gasteiger partial charge in [-0.1, -0.05) is 13.8 Å². The van der Waals surface area contributed by atoms with Crippen molar-refractivity contribution < 1.29 is 9.72 Å². The zero-order chi connectivity index (χ0) is 15.2. The molecule has 0 amide bonds. The Bertz CT molecular complexity index is 634. The summed E-state index contributed by atoms with van der Waals surface area (Å²) in [7, 11) is 0. The maximum atomic E-state index is 12.4. The molecule has 21 heavy (non-hydrogen) atoms. The van der Waals surface area contributed by atoms with Gasteiger partial charge >= 0.3 is 0 Å². The maximum absolute atomic E-state index is 12.4. The molecule has 6 heteroatoms. The van der Waals surface area contributed by atoms with E-state index in [9.17, 15) is 14.9 Å². The highest BCUT2D eigenvalue weighted by Gasteiger charge is 2.46. The minimum Gasteiger partial charge on any atom is -0.306 e. The van der Waals surface area contributed by atoms with Gasteiger partial charge in [0.25, 0.3) is 5.69 Å². The molecule has 0 aromatic heterocycles. The fourth-order valence-electron chi connectivity index (χ4n) is 3.27. The van der Waals surface area contributed by atoms with Gasteiger partial charge in [-0.15, -0.1) is 0 Å². The summed E-state index contributed by atoms with van der Waals surface area (Å²) in [5, 5.41) is 15.0. The summed E-state index contributed by atoms with van der Waals surface area (Å²) in [6, 6.07) is 6.25. The minimum atomic E-state index is -0.435. The molecule has 2 aliphatic rings. The molecule has 0 saturated heterocycles. The Morgan fingerprint density at radius 2 is 2.00 bits per heavy atom. The van der Waals surface area contributed by atoms with Gasteiger partial charge in [-0.2, -0.15) is 5.10 Å². The molecular weight excluding hydrogens is 270 g/mol. The number of nitrogens with one attached hydrogen (secondary N) is 1. The van der Waals surface area contributed by atoms with Crippen LogP contribution in [-0.2, 0) is 4.79 Å². The Morgan fingerprint density at radius 3 is 2.62 bits per heavy atom. The van der Waals surface area contributed by atoms with Gasteiger partial charge < -0.3 is 5.43 Å². The van der Waals surface area contributed by atoms with Crippen LogP contribution in [0.4, 0.5) is 5.69 Å². The van der Waals surface area contributed by atoms with E-state index in [1.54, 1.807) is 12.1 Å². The highest BCUT2D eigenvalue weighted by atomic mass is 16.6. The summed E-state index contributed by atoms with van der Waals surface area (Å²) in [6.45, 7) is 4.18. The molecule has 1 saturated carbocycles. The number of ketones is 1. The van der Waals surface area contributed by atoms with Crippen LogP contribution in [0.15, 0.2) is 29.4 Å². The van der Waals surface area contributed by atoms with Crippen LogP contribution in [0.2, 0.25) is 0 Å². The third-order valence-electron chi connectivity index (χ3n) is 4.19. The van der Waals surface area contributed by atoms with Crippen LogP contribution in [0.1, 0.15) is 32.3 Å². The second kappa shape index (κ2) is 4.65. The Kier molecular flexibility index (Phi) is 3.04. The summed E-state index contributed by atoms with van der Waals surface area (Å²) in [4.78, 5) is 22.7. The topological polar surface area (TPSA) is 84.6 Å². The Labute approximate surface area is 122 Å². The van der Waals surface area contributed by atoms with Gasteiger partial charge in [0.05, 0.1) is 22.6 Å². The van der Waals surface area contributed by atoms with Crippen LogP contribution >= 0.6 is 0 Å². The zero-order valence-corrected chi connectivity index (χ0v) is 12.0. The van der Waals surface area contributed by atoms with E-state index in [4.69, 9.17) is 0 Å². The van der Waals surface area contributed by atoms with Crippen molar-refractivity contribution in [1.82, 2.24) is 5.43 Å². The van der Waals surface area contributed by atoms with E-state index in [1.807, 2.05) is 0 Å². The van der Waals surface area contributed by atoms with Crippen LogP contribution in [0.25, 0.3) is 0 Å². The lowest BCUT2D eigenvalue weighted by molar-refractivity contribution is -0.384. The van der Waals surface area contributed by atoms with E-state index in [2.05, 4.69) is 24.4 Å². The number of carbonyl (C=O) groups is 1. The fourth-order valence-corrected chi connectivity index (χ4v) is 3.27. The van der Waals surface area contributed by atoms with E-state index in [0.717, 1.165) is 12.0 Å². The number of hydrogen-bond donors (Lipinski definition) is 1. The molecule has 3 rings (SSSR count). The zero-order valence-electron chi connectivity index (χ0n) is 12.0. The van der Waals surface area contributed by atoms with Crippen molar-refractivity contribution in [2.45, 2.75) is 32.7 Å². The van der Waals surface area contributed by atoms with Gasteiger partial charge in [-0.05, 0) is 29.5 Å². The van der Waals surface area contributed by atoms with E-state index < -0.39 is 4.92 Å². The molecule has 1 N–H and O–H groups in total. The van der Waals surface area contributed by atoms with Crippen molar-refractivity contribution in [1.29, 1.82) is 0 Å². The molecule has 1 aliphatic carbocycles. The number of nitro benzene ring substituents is 1. The van der Waals surface area contributed by atoms with E-state index in [0.29, 0.717) is 12.1 Å². The first kappa shape index (κ1) is 13.7. The van der Waals surface area contributed by atoms with Crippen molar-refractivity contribution >= 4 is 17.2 Å². The summed E-state index contributed by atoms with van der Waals surface area (Å²) in [5.41, 5.74) is 4.57. The number of hydrazone groups is 1. The van der Waals surface area contributed by atoms with Gasteiger partial charge in [0.15, 0.2) is 0 Å². The average molecular weight is 287 g/mol. The molecule has 1 aliphatic heterocycles. The second-order valence-electron chi connectivity index (χ2n) is 6.53. The maximum Gasteiger partial charge on any atom is 0.269 e. The molecule has 1 fully saturated rings. The Hall–Kier alpha value is -2.24. The van der Waals surface area contributed by atoms with Crippen LogP contribution in [0.3, 0.4) is 0 Å². The smallest absolute Gasteiger partial charge is 0.269 e. The average Bonchev–Trinajstić information content (AvgIpc) is 2.81. The third kappa shape index (κ3) is 2.41. The summed E-state index contributed by atoms with van der Waals surface area (Å²) < 4.78 is 0. The molecule has 0 spiro atoms. The number of non-ortho nitro benzene ring substituents is 1. The second-order valence-corrected chi connectivity index (χ2v) is 6.53. The predicted molar refractivity (Wildman–Crippen MR) is 78.1 cm³/mol. The first-order valence-electron chi connectivity index (χ1n) is 6.98. The summed E-state index contributed by atoms with van der Waals surface area (Å²) in [6.07, 6.45) is 1.44. The molecule has 0 bridgehead atoms. The van der Waals surface area contributed by atoms with Crippen LogP contribution in [-0.4, -0.2) is 22.5 Å². The standard InChI is InChI=1S/C15H17N3O3/c1-15(2)7-11-13(12(19)8-15)14(17-16-11)9-3-5-10(6-4-9)18(20)21/h3-6,11,13,16H,7-8H2,1-2H3/t11-,13-/m1/s1. The lowest BCUT2D eigenvalue weighted by atomic mass is 9.68. The quantitative estimate of drug-likeness (QED) is 0.668. The number of hydrogen-bond acceptors (Lipinski definition) is 5. The van der Waals surface area contributed by atoms with Crippen molar-refractivity contribution in [3.05, 3.63) is 39.9 Å². The number of nitro groups is 1. The summed E-state index contributed by atoms with van der Waals surface area (Å²) >= 11 is 0. The molecular formula is C15H17N3O3. The first-order chi connectivity index (χ1) is 9.87. The van der Waals surface area contributed by atoms with E-state index >= 15 is 0 Å². The van der Waals surface area contributed by atoms with Gasteiger partial charge in [-0.25, -0.2) is 0 Å². The SMILES string of the molecule is CC1(C)CC(=O)[C@@H]2C(c3ccc([N+](=O)[O-])cc3)=NN[C@@H]2C1. The predicted octanol–water partition coefficient (Wildman–Crippen LogP) is 2.28. The van der Waals surface area contributed by atoms with Gasteiger partial charge in [0, 0.05) is 18.6 Å². The van der Waals surface area contributed by atoms with Gasteiger partial charge in [0.1, 0.15) is 5.78 Å². The normalized spacial score (nSPS) is 26.8. The monoisotopic (exact) mass is 287 g/mol. The summed E-state index contributed by atoms with van der Waals surface area (Å²) in [5.74, 6) is -0.0437. The molecule has 1 aromatic rings. The van der Waals surface area contributed by atoms with Gasteiger partial charge in [0.2, 0.25) is 0 Å². The lowest BCUT2D eigenvalue weighted by Gasteiger charge is -2.36. The number of rotatable bonds is 2. The molecule has 2 atom stereocenters. The molecule has 110 valence electrons. The number of fused-ring (bicyclic) bond motifs is 1. The number of benzene rings is 1. The Balaban J connectivity index is 1.87. The fraction of sp³-hybridized carbons (Fsp3) is 0.467.